The largest absolute Gasteiger partial charge is 0.330 e. The van der Waals surface area contributed by atoms with Crippen LogP contribution in [-0.2, 0) is 0 Å². The van der Waals surface area contributed by atoms with Crippen LogP contribution in [0.5, 0.6) is 0 Å². The van der Waals surface area contributed by atoms with Crippen LogP contribution >= 0.6 is 0 Å². The van der Waals surface area contributed by atoms with Crippen molar-refractivity contribution in [3.8, 4) is 0 Å². The number of benzene rings is 1. The summed E-state index contributed by atoms with van der Waals surface area (Å²) in [7, 11) is 0. The number of hydrogen-bond acceptors (Lipinski definition) is 4. The second-order valence-corrected chi connectivity index (χ2v) is 4.85. The van der Waals surface area contributed by atoms with Gasteiger partial charge in [-0.1, -0.05) is 13.8 Å². The third-order valence-corrected chi connectivity index (χ3v) is 3.21. The summed E-state index contributed by atoms with van der Waals surface area (Å²) < 4.78 is 12.9. The first-order chi connectivity index (χ1) is 9.57. The molecule has 1 heterocycles. The number of halogens is 1. The zero-order chi connectivity index (χ0) is 14.6. The highest BCUT2D eigenvalue weighted by atomic mass is 19.1. The molecule has 0 saturated heterocycles. The SMILES string of the molecule is CCNC1(CC)C=C(C)NC(Nc2ccc(F)cc2)=N1. The lowest BCUT2D eigenvalue weighted by Crippen LogP contribution is -2.48. The van der Waals surface area contributed by atoms with E-state index in [1.165, 1.54) is 12.1 Å². The zero-order valence-electron chi connectivity index (χ0n) is 12.1. The van der Waals surface area contributed by atoms with Crippen LogP contribution in [0.4, 0.5) is 10.1 Å². The van der Waals surface area contributed by atoms with E-state index in [2.05, 4.69) is 35.9 Å². The van der Waals surface area contributed by atoms with Crippen molar-refractivity contribution < 1.29 is 4.39 Å². The van der Waals surface area contributed by atoms with E-state index >= 15 is 0 Å². The quantitative estimate of drug-likeness (QED) is 0.792. The zero-order valence-corrected chi connectivity index (χ0v) is 12.1. The van der Waals surface area contributed by atoms with Gasteiger partial charge in [-0.05, 0) is 50.2 Å². The van der Waals surface area contributed by atoms with Gasteiger partial charge in [0.15, 0.2) is 0 Å². The second-order valence-electron chi connectivity index (χ2n) is 4.85. The van der Waals surface area contributed by atoms with Gasteiger partial charge in [0, 0.05) is 11.4 Å². The number of aliphatic imine (C=N–C) groups is 1. The summed E-state index contributed by atoms with van der Waals surface area (Å²) in [5.74, 6) is 0.417. The lowest BCUT2D eigenvalue weighted by Gasteiger charge is -2.32. The molecule has 1 aliphatic heterocycles. The minimum atomic E-state index is -0.382. The molecule has 1 aromatic carbocycles. The highest BCUT2D eigenvalue weighted by molar-refractivity contribution is 5.95. The Labute approximate surface area is 119 Å². The summed E-state index contributed by atoms with van der Waals surface area (Å²) in [5.41, 5.74) is 1.45. The lowest BCUT2D eigenvalue weighted by atomic mass is 10.1. The topological polar surface area (TPSA) is 48.4 Å². The van der Waals surface area contributed by atoms with E-state index in [9.17, 15) is 4.39 Å². The molecule has 1 aromatic rings. The molecule has 5 heteroatoms. The van der Waals surface area contributed by atoms with Crippen LogP contribution in [0.3, 0.4) is 0 Å². The van der Waals surface area contributed by atoms with Gasteiger partial charge in [-0.3, -0.25) is 5.32 Å². The molecule has 0 saturated carbocycles. The number of guanidine groups is 1. The number of hydrogen-bond donors (Lipinski definition) is 3. The number of likely N-dealkylation sites (N-methyl/N-ethyl adjacent to an activating group) is 1. The summed E-state index contributed by atoms with van der Waals surface area (Å²) in [6, 6.07) is 6.22. The van der Waals surface area contributed by atoms with E-state index in [4.69, 9.17) is 4.99 Å². The van der Waals surface area contributed by atoms with E-state index < -0.39 is 0 Å². The maximum absolute atomic E-state index is 12.9. The number of allylic oxidation sites excluding steroid dienone is 1. The predicted molar refractivity (Wildman–Crippen MR) is 81.0 cm³/mol. The van der Waals surface area contributed by atoms with Crippen molar-refractivity contribution in [1.82, 2.24) is 10.6 Å². The number of anilines is 1. The Balaban J connectivity index is 2.20. The molecule has 0 bridgehead atoms. The molecular formula is C15H21FN4. The van der Waals surface area contributed by atoms with Crippen LogP contribution in [0.2, 0.25) is 0 Å². The summed E-state index contributed by atoms with van der Waals surface area (Å²) in [5, 5.41) is 9.77. The van der Waals surface area contributed by atoms with Gasteiger partial charge in [-0.15, -0.1) is 0 Å². The van der Waals surface area contributed by atoms with Crippen molar-refractivity contribution in [2.75, 3.05) is 11.9 Å². The van der Waals surface area contributed by atoms with Gasteiger partial charge in [0.25, 0.3) is 0 Å². The molecular weight excluding hydrogens is 255 g/mol. The van der Waals surface area contributed by atoms with Crippen molar-refractivity contribution >= 4 is 11.6 Å². The molecule has 0 spiro atoms. The van der Waals surface area contributed by atoms with Gasteiger partial charge in [0.05, 0.1) is 0 Å². The number of nitrogens with zero attached hydrogens (tertiary/aromatic N) is 1. The van der Waals surface area contributed by atoms with Crippen LogP contribution in [0.1, 0.15) is 27.2 Å². The normalized spacial score (nSPS) is 21.8. The van der Waals surface area contributed by atoms with E-state index in [0.29, 0.717) is 5.96 Å². The van der Waals surface area contributed by atoms with E-state index in [-0.39, 0.29) is 11.5 Å². The average Bonchev–Trinajstić information content (AvgIpc) is 2.41. The molecule has 2 rings (SSSR count). The van der Waals surface area contributed by atoms with E-state index in [0.717, 1.165) is 24.4 Å². The first-order valence-corrected chi connectivity index (χ1v) is 6.91. The Morgan fingerprint density at radius 1 is 1.25 bits per heavy atom. The molecule has 1 unspecified atom stereocenters. The monoisotopic (exact) mass is 276 g/mol. The van der Waals surface area contributed by atoms with Crippen molar-refractivity contribution in [2.24, 2.45) is 4.99 Å². The van der Waals surface area contributed by atoms with E-state index in [1.54, 1.807) is 12.1 Å². The number of rotatable bonds is 4. The molecule has 108 valence electrons. The van der Waals surface area contributed by atoms with Crippen LogP contribution in [-0.4, -0.2) is 18.2 Å². The van der Waals surface area contributed by atoms with Gasteiger partial charge >= 0.3 is 0 Å². The lowest BCUT2D eigenvalue weighted by molar-refractivity contribution is 0.407. The summed E-state index contributed by atoms with van der Waals surface area (Å²) in [4.78, 5) is 4.70. The molecule has 1 atom stereocenters. The molecule has 3 N–H and O–H groups in total. The molecule has 4 nitrogen and oxygen atoms in total. The summed E-state index contributed by atoms with van der Waals surface area (Å²) in [6.45, 7) is 7.00. The molecule has 0 radical (unpaired) electrons. The van der Waals surface area contributed by atoms with Crippen LogP contribution in [0, 0.1) is 5.82 Å². The fraction of sp³-hybridized carbons (Fsp3) is 0.400. The first-order valence-electron chi connectivity index (χ1n) is 6.91. The minimum Gasteiger partial charge on any atom is -0.330 e. The first kappa shape index (κ1) is 14.5. The van der Waals surface area contributed by atoms with Crippen molar-refractivity contribution in [2.45, 2.75) is 32.9 Å². The van der Waals surface area contributed by atoms with Gasteiger partial charge in [0.1, 0.15) is 11.5 Å². The Morgan fingerprint density at radius 3 is 2.55 bits per heavy atom. The standard InChI is InChI=1S/C15H21FN4/c1-4-15(17-5-2)10-11(3)18-14(20-15)19-13-8-6-12(16)7-9-13/h6-10,17H,4-5H2,1-3H3,(H2,18,19,20). The molecule has 0 fully saturated rings. The van der Waals surface area contributed by atoms with Crippen LogP contribution in [0.25, 0.3) is 0 Å². The predicted octanol–water partition coefficient (Wildman–Crippen LogP) is 2.82. The Morgan fingerprint density at radius 2 is 1.95 bits per heavy atom. The van der Waals surface area contributed by atoms with Crippen molar-refractivity contribution in [3.63, 3.8) is 0 Å². The summed E-state index contributed by atoms with van der Waals surface area (Å²) >= 11 is 0. The van der Waals surface area contributed by atoms with E-state index in [1.807, 2.05) is 6.92 Å². The molecule has 20 heavy (non-hydrogen) atoms. The summed E-state index contributed by atoms with van der Waals surface area (Å²) in [6.07, 6.45) is 2.95. The van der Waals surface area contributed by atoms with Crippen molar-refractivity contribution in [1.29, 1.82) is 0 Å². The fourth-order valence-electron chi connectivity index (χ4n) is 2.27. The highest BCUT2D eigenvalue weighted by Crippen LogP contribution is 2.20. The maximum Gasteiger partial charge on any atom is 0.202 e. The second kappa shape index (κ2) is 6.05. The molecule has 0 aromatic heterocycles. The third kappa shape index (κ3) is 3.36. The Kier molecular flexibility index (Phi) is 4.39. The maximum atomic E-state index is 12.9. The minimum absolute atomic E-state index is 0.249. The van der Waals surface area contributed by atoms with Crippen molar-refractivity contribution in [3.05, 3.63) is 41.9 Å². The third-order valence-electron chi connectivity index (χ3n) is 3.21. The average molecular weight is 276 g/mol. The van der Waals surface area contributed by atoms with Gasteiger partial charge in [-0.2, -0.15) is 0 Å². The highest BCUT2D eigenvalue weighted by Gasteiger charge is 2.27. The smallest absolute Gasteiger partial charge is 0.202 e. The van der Waals surface area contributed by atoms with Crippen LogP contribution in [0.15, 0.2) is 41.0 Å². The Bertz CT molecular complexity index is 521. The van der Waals surface area contributed by atoms with Crippen LogP contribution < -0.4 is 16.0 Å². The Hall–Kier alpha value is -1.88. The molecule has 0 amide bonds. The van der Waals surface area contributed by atoms with Gasteiger partial charge in [-0.25, -0.2) is 9.38 Å². The fourth-order valence-corrected chi connectivity index (χ4v) is 2.27. The van der Waals surface area contributed by atoms with Gasteiger partial charge in [0.2, 0.25) is 5.96 Å². The molecule has 1 aliphatic rings. The number of nitrogens with one attached hydrogen (secondary N) is 3. The van der Waals surface area contributed by atoms with Gasteiger partial charge < -0.3 is 10.6 Å². The molecule has 0 aliphatic carbocycles.